The van der Waals surface area contributed by atoms with Crippen molar-refractivity contribution in [3.8, 4) is 5.75 Å². The molecular weight excluding hydrogens is 420 g/mol. The molecule has 2 aromatic carbocycles. The first-order chi connectivity index (χ1) is 15.9. The predicted octanol–water partition coefficient (Wildman–Crippen LogP) is 4.48. The zero-order valence-electron chi connectivity index (χ0n) is 18.5. The molecule has 0 unspecified atom stereocenters. The first-order valence-electron chi connectivity index (χ1n) is 10.3. The molecule has 2 aromatic heterocycles. The van der Waals surface area contributed by atoms with E-state index in [2.05, 4.69) is 20.6 Å². The molecular formula is C24H24N6O3. The van der Waals surface area contributed by atoms with E-state index in [-0.39, 0.29) is 17.6 Å². The molecule has 4 aromatic rings. The molecule has 33 heavy (non-hydrogen) atoms. The van der Waals surface area contributed by atoms with Gasteiger partial charge in [-0.25, -0.2) is 14.8 Å². The number of hydrogen-bond donors (Lipinski definition) is 3. The van der Waals surface area contributed by atoms with Crippen LogP contribution in [-0.2, 0) is 0 Å². The maximum absolute atomic E-state index is 13.4. The molecule has 0 radical (unpaired) electrons. The molecule has 9 nitrogen and oxygen atoms in total. The van der Waals surface area contributed by atoms with Crippen LogP contribution >= 0.6 is 0 Å². The molecule has 0 aliphatic heterocycles. The number of carbonyl (C=O) groups is 2. The van der Waals surface area contributed by atoms with Crippen LogP contribution < -0.4 is 21.1 Å². The van der Waals surface area contributed by atoms with Crippen LogP contribution in [0.4, 0.5) is 22.0 Å². The first-order valence-corrected chi connectivity index (χ1v) is 10.3. The van der Waals surface area contributed by atoms with E-state index in [1.54, 1.807) is 61.8 Å². The van der Waals surface area contributed by atoms with Crippen molar-refractivity contribution >= 4 is 40.0 Å². The number of aromatic nitrogens is 3. The lowest BCUT2D eigenvalue weighted by Gasteiger charge is -2.10. The highest BCUT2D eigenvalue weighted by molar-refractivity contribution is 6.18. The topological polar surface area (TPSA) is 124 Å². The Labute approximate surface area is 190 Å². The van der Waals surface area contributed by atoms with Crippen molar-refractivity contribution in [2.75, 3.05) is 23.5 Å². The Balaban J connectivity index is 1.59. The van der Waals surface area contributed by atoms with Gasteiger partial charge in [0, 0.05) is 35.2 Å². The summed E-state index contributed by atoms with van der Waals surface area (Å²) in [6.45, 7) is 3.99. The Morgan fingerprint density at radius 3 is 2.42 bits per heavy atom. The van der Waals surface area contributed by atoms with Crippen LogP contribution in [-0.4, -0.2) is 33.5 Å². The molecule has 2 heterocycles. The van der Waals surface area contributed by atoms with Gasteiger partial charge in [0.2, 0.25) is 0 Å². The molecule has 0 fully saturated rings. The Hall–Kier alpha value is -4.40. The second kappa shape index (κ2) is 8.99. The summed E-state index contributed by atoms with van der Waals surface area (Å²) in [5.74, 6) is 0.636. The number of nitrogens with zero attached hydrogens (tertiary/aromatic N) is 3. The van der Waals surface area contributed by atoms with Gasteiger partial charge in [0.25, 0.3) is 0 Å². The molecule has 0 saturated carbocycles. The van der Waals surface area contributed by atoms with Gasteiger partial charge in [-0.05, 0) is 38.1 Å². The third-order valence-electron chi connectivity index (χ3n) is 5.15. The minimum Gasteiger partial charge on any atom is -0.497 e. The van der Waals surface area contributed by atoms with E-state index < -0.39 is 6.03 Å². The van der Waals surface area contributed by atoms with Crippen LogP contribution in [0.2, 0.25) is 0 Å². The number of amides is 2. The van der Waals surface area contributed by atoms with Crippen LogP contribution in [0, 0.1) is 0 Å². The summed E-state index contributed by atoms with van der Waals surface area (Å²) >= 11 is 0. The van der Waals surface area contributed by atoms with Gasteiger partial charge in [-0.2, -0.15) is 0 Å². The maximum atomic E-state index is 13.4. The van der Waals surface area contributed by atoms with Crippen molar-refractivity contribution in [2.45, 2.75) is 19.9 Å². The van der Waals surface area contributed by atoms with Gasteiger partial charge in [-0.15, -0.1) is 0 Å². The lowest BCUT2D eigenvalue weighted by Crippen LogP contribution is -2.19. The van der Waals surface area contributed by atoms with Gasteiger partial charge < -0.3 is 25.7 Å². The van der Waals surface area contributed by atoms with Gasteiger partial charge in [0.1, 0.15) is 23.5 Å². The van der Waals surface area contributed by atoms with Gasteiger partial charge in [0.15, 0.2) is 5.78 Å². The van der Waals surface area contributed by atoms with Crippen molar-refractivity contribution in [1.29, 1.82) is 0 Å². The molecule has 0 saturated heterocycles. The zero-order valence-corrected chi connectivity index (χ0v) is 18.5. The smallest absolute Gasteiger partial charge is 0.323 e. The van der Waals surface area contributed by atoms with E-state index in [1.807, 2.05) is 18.4 Å². The molecule has 4 rings (SSSR count). The molecule has 0 spiro atoms. The first kappa shape index (κ1) is 21.8. The number of fused-ring (bicyclic) bond motifs is 1. The number of nitrogens with one attached hydrogen (secondary N) is 2. The van der Waals surface area contributed by atoms with Crippen LogP contribution in [0.3, 0.4) is 0 Å². The van der Waals surface area contributed by atoms with Gasteiger partial charge in [-0.3, -0.25) is 4.79 Å². The second-order valence-electron chi connectivity index (χ2n) is 7.72. The van der Waals surface area contributed by atoms with Crippen molar-refractivity contribution in [1.82, 2.24) is 14.5 Å². The zero-order chi connectivity index (χ0) is 23.5. The number of anilines is 3. The molecule has 2 amide bonds. The number of methoxy groups -OCH3 is 1. The Morgan fingerprint density at radius 2 is 1.73 bits per heavy atom. The van der Waals surface area contributed by atoms with Gasteiger partial charge >= 0.3 is 6.03 Å². The average molecular weight is 444 g/mol. The maximum Gasteiger partial charge on any atom is 0.323 e. The van der Waals surface area contributed by atoms with Crippen LogP contribution in [0.25, 0.3) is 11.0 Å². The van der Waals surface area contributed by atoms with Gasteiger partial charge in [-0.1, -0.05) is 18.2 Å². The average Bonchev–Trinajstić information content (AvgIpc) is 3.20. The lowest BCUT2D eigenvalue weighted by atomic mass is 10.0. The highest BCUT2D eigenvalue weighted by Crippen LogP contribution is 2.29. The normalized spacial score (nSPS) is 10.9. The third kappa shape index (κ3) is 4.47. The number of nitrogens with two attached hydrogens (primary N) is 1. The third-order valence-corrected chi connectivity index (χ3v) is 5.15. The number of benzene rings is 2. The van der Waals surface area contributed by atoms with Crippen LogP contribution in [0.5, 0.6) is 5.75 Å². The standard InChI is InChI=1S/C24H24N6O3/c1-14(2)30-12-19(20-22(25)26-13-27-23(20)30)21(31)15-6-4-7-16(10-15)28-24(32)29-17-8-5-9-18(11-17)33-3/h4-14H,1-3H3,(H2,25,26,27)(H2,28,29,32). The van der Waals surface area contributed by atoms with E-state index in [0.29, 0.717) is 39.3 Å². The van der Waals surface area contributed by atoms with Crippen LogP contribution in [0.1, 0.15) is 35.8 Å². The second-order valence-corrected chi connectivity index (χ2v) is 7.72. The fourth-order valence-electron chi connectivity index (χ4n) is 3.56. The molecule has 0 bridgehead atoms. The summed E-state index contributed by atoms with van der Waals surface area (Å²) in [6.07, 6.45) is 3.13. The minimum absolute atomic E-state index is 0.0802. The number of carbonyl (C=O) groups excluding carboxylic acids is 2. The van der Waals surface area contributed by atoms with Crippen molar-refractivity contribution in [3.63, 3.8) is 0 Å². The summed E-state index contributed by atoms with van der Waals surface area (Å²) < 4.78 is 7.06. The fraction of sp³-hybridized carbons (Fsp3) is 0.167. The van der Waals surface area contributed by atoms with Crippen LogP contribution in [0.15, 0.2) is 61.1 Å². The number of rotatable bonds is 6. The number of ketones is 1. The van der Waals surface area contributed by atoms with E-state index in [4.69, 9.17) is 10.5 Å². The number of urea groups is 1. The number of nitrogen functional groups attached to an aromatic ring is 1. The van der Waals surface area contributed by atoms with E-state index in [9.17, 15) is 9.59 Å². The Bertz CT molecular complexity index is 1350. The molecule has 4 N–H and O–H groups in total. The summed E-state index contributed by atoms with van der Waals surface area (Å²) in [6, 6.07) is 13.4. The van der Waals surface area contributed by atoms with Crippen molar-refractivity contribution in [3.05, 3.63) is 72.2 Å². The van der Waals surface area contributed by atoms with Crippen molar-refractivity contribution in [2.24, 2.45) is 0 Å². The fourth-order valence-corrected chi connectivity index (χ4v) is 3.56. The quantitative estimate of drug-likeness (QED) is 0.377. The highest BCUT2D eigenvalue weighted by atomic mass is 16.5. The molecule has 0 aliphatic carbocycles. The molecule has 0 aliphatic rings. The molecule has 9 heteroatoms. The summed E-state index contributed by atoms with van der Waals surface area (Å²) in [5.41, 5.74) is 8.55. The largest absolute Gasteiger partial charge is 0.497 e. The van der Waals surface area contributed by atoms with E-state index >= 15 is 0 Å². The highest BCUT2D eigenvalue weighted by Gasteiger charge is 2.21. The Morgan fingerprint density at radius 1 is 1.03 bits per heavy atom. The van der Waals surface area contributed by atoms with Gasteiger partial charge in [0.05, 0.1) is 18.1 Å². The number of ether oxygens (including phenoxy) is 1. The minimum atomic E-state index is -0.443. The summed E-state index contributed by atoms with van der Waals surface area (Å²) in [5, 5.41) is 6.01. The Kier molecular flexibility index (Phi) is 5.95. The van der Waals surface area contributed by atoms with E-state index in [1.165, 1.54) is 6.33 Å². The lowest BCUT2D eigenvalue weighted by molar-refractivity contribution is 0.104. The van der Waals surface area contributed by atoms with E-state index in [0.717, 1.165) is 0 Å². The summed E-state index contributed by atoms with van der Waals surface area (Å²) in [4.78, 5) is 34.2. The SMILES string of the molecule is COc1cccc(NC(=O)Nc2cccc(C(=O)c3cn(C(C)C)c4ncnc(N)c34)c2)c1. The summed E-state index contributed by atoms with van der Waals surface area (Å²) in [7, 11) is 1.56. The molecule has 0 atom stereocenters. The number of hydrogen-bond acceptors (Lipinski definition) is 6. The predicted molar refractivity (Wildman–Crippen MR) is 128 cm³/mol. The van der Waals surface area contributed by atoms with Crippen molar-refractivity contribution < 1.29 is 14.3 Å². The molecule has 168 valence electrons. The monoisotopic (exact) mass is 444 g/mol.